The van der Waals surface area contributed by atoms with Crippen molar-refractivity contribution in [1.29, 1.82) is 0 Å². The maximum Gasteiger partial charge on any atom is 0.255 e. The fourth-order valence-electron chi connectivity index (χ4n) is 18.5. The number of hydrogen-bond donors (Lipinski definition) is 16. The van der Waals surface area contributed by atoms with Gasteiger partial charge >= 0.3 is 0 Å². The average Bonchev–Trinajstić information content (AvgIpc) is 0.710. The van der Waals surface area contributed by atoms with E-state index < -0.39 is 174 Å². The number of hydrogen-bond acceptors (Lipinski definition) is 27. The minimum absolute atomic E-state index is 0.0255. The molecular weight excluding hydrogens is 1400 g/mol. The van der Waals surface area contributed by atoms with Gasteiger partial charge in [0.25, 0.3) is 17.7 Å². The number of amides is 3. The summed E-state index contributed by atoms with van der Waals surface area (Å²) in [6.07, 6.45) is 4.41. The van der Waals surface area contributed by atoms with Crippen LogP contribution in [0.3, 0.4) is 0 Å². The molecule has 4 fully saturated rings. The van der Waals surface area contributed by atoms with Crippen LogP contribution in [0.2, 0.25) is 0 Å². The van der Waals surface area contributed by atoms with Gasteiger partial charge in [-0.15, -0.1) is 0 Å². The van der Waals surface area contributed by atoms with Crippen LogP contribution in [0.1, 0.15) is 102 Å². The first-order chi connectivity index (χ1) is 50.8. The van der Waals surface area contributed by atoms with Crippen molar-refractivity contribution >= 4 is 69.7 Å². The Morgan fingerprint density at radius 2 is 0.833 bits per heavy atom. The summed E-state index contributed by atoms with van der Waals surface area (Å²) in [6.45, 7) is 9.23. The molecule has 10 aliphatic rings. The van der Waals surface area contributed by atoms with Gasteiger partial charge in [0.2, 0.25) is 17.3 Å². The lowest BCUT2D eigenvalue weighted by atomic mass is 9.57. The third-order valence-corrected chi connectivity index (χ3v) is 23.6. The molecule has 3 aromatic rings. The van der Waals surface area contributed by atoms with Crippen LogP contribution in [0.25, 0.3) is 17.3 Å². The van der Waals surface area contributed by atoms with E-state index in [-0.39, 0.29) is 76.3 Å². The molecule has 3 aromatic carbocycles. The number of rotatable bonds is 13. The van der Waals surface area contributed by atoms with E-state index in [9.17, 15) is 104 Å². The summed E-state index contributed by atoms with van der Waals surface area (Å²) in [5.41, 5.74) is 9.86. The zero-order valence-corrected chi connectivity index (χ0v) is 61.5. The molecule has 3 amide bonds. The summed E-state index contributed by atoms with van der Waals surface area (Å²) >= 11 is 0. The second-order valence-electron chi connectivity index (χ2n) is 30.2. The van der Waals surface area contributed by atoms with Crippen LogP contribution in [-0.4, -0.2) is 255 Å². The minimum atomic E-state index is -2.65. The lowest BCUT2D eigenvalue weighted by molar-refractivity contribution is -0.155. The van der Waals surface area contributed by atoms with Crippen LogP contribution in [0.15, 0.2) is 87.1 Å². The predicted octanol–water partition coefficient (Wildman–Crippen LogP) is 1.29. The Bertz CT molecular complexity index is 4680. The number of primary amides is 3. The van der Waals surface area contributed by atoms with Crippen molar-refractivity contribution in [3.05, 3.63) is 137 Å². The number of nitrogens with one attached hydrogen (secondary N) is 1. The number of carbonyl (C=O) groups excluding carboxylic acids is 9. The third kappa shape index (κ3) is 12.4. The van der Waals surface area contributed by atoms with E-state index >= 15 is 0 Å². The van der Waals surface area contributed by atoms with Crippen LogP contribution in [0.4, 0.5) is 0 Å². The molecule has 1 heterocycles. The van der Waals surface area contributed by atoms with Gasteiger partial charge in [-0.3, -0.25) is 67.7 Å². The van der Waals surface area contributed by atoms with Crippen molar-refractivity contribution in [2.24, 2.45) is 52.7 Å². The molecule has 9 aliphatic carbocycles. The summed E-state index contributed by atoms with van der Waals surface area (Å²) in [7, 11) is 11.2. The zero-order chi connectivity index (χ0) is 79.3. The van der Waals surface area contributed by atoms with Crippen molar-refractivity contribution in [2.45, 2.75) is 120 Å². The Morgan fingerprint density at radius 3 is 1.18 bits per heavy atom. The molecule has 0 radical (unpaired) electrons. The molecule has 30 nitrogen and oxygen atoms in total. The topological polar surface area (TPSA) is 503 Å². The smallest absolute Gasteiger partial charge is 0.255 e. The fraction of sp³-hybridized carbons (Fsp3) is 0.474. The maximum absolute atomic E-state index is 13.9. The predicted molar refractivity (Wildman–Crippen MR) is 389 cm³/mol. The molecule has 0 spiro atoms. The normalized spacial score (nSPS) is 28.7. The van der Waals surface area contributed by atoms with Crippen LogP contribution < -0.4 is 22.5 Å². The summed E-state index contributed by atoms with van der Waals surface area (Å²) in [6, 6.07) is 6.26. The van der Waals surface area contributed by atoms with Crippen molar-refractivity contribution in [1.82, 2.24) is 29.8 Å². The first kappa shape index (κ1) is 79.0. The number of nitrogens with two attached hydrogens (primary N) is 3. The highest BCUT2D eigenvalue weighted by Crippen LogP contribution is 2.57. The number of likely N-dealkylation sites (tertiary alicyclic amines) is 1. The van der Waals surface area contributed by atoms with E-state index in [2.05, 4.69) is 27.0 Å². The molecule has 0 unspecified atom stereocenters. The number of aromatic hydroxyl groups is 3. The van der Waals surface area contributed by atoms with Gasteiger partial charge in [0.15, 0.2) is 34.2 Å². The van der Waals surface area contributed by atoms with Crippen LogP contribution in [0, 0.1) is 47.3 Å². The van der Waals surface area contributed by atoms with Gasteiger partial charge in [-0.25, -0.2) is 0 Å². The number of aliphatic hydroxyl groups excluding tert-OH is 6. The number of phenols is 3. The van der Waals surface area contributed by atoms with Gasteiger partial charge < -0.3 is 83.8 Å². The van der Waals surface area contributed by atoms with Crippen molar-refractivity contribution in [3.63, 3.8) is 0 Å². The Morgan fingerprint density at radius 1 is 0.500 bits per heavy atom. The standard InChI is InChI=1S/C27H33N3O7.C26H33N3O7.C25H27N3O7/c1-29(2)21-16-11-14-10-15-13(12-30-8-4-3-5-9-30)6-7-17(31)19(15)22(32)18(14)24(34)27(16,37)25(35)20(23(21)33)26(28)36;1-5-29(6-2)11-12-7-8-16(30)18-14(12)9-13-10-15-20(28(3)4)22(32)19(25(27)35)24(34)26(15,36)23(33)17(13)21(18)31;1-27-8-4-5-11-6-7-15(29)17-13(11)9-12-10-14-19(28(2)3)21(31)18(24(26)34)23(33)25(14,35)22(32)16(12)20(17)30/h6-7,14,16,21,31-32,35,37H,3-5,8-12H2,1-2H3,(H2,28,36);7-8,13,15,20,30-31,34,36H,5-6,9-11H2,1-4H3,(H2,27,35);6-7,12,14,19,27,29-30,33,35H,8-10H2,1-3H3,(H2,26,34)/t14-,16-,21+,27-;13-,15-,20+,26-;12-,14-,19+,25-/m000/s1. The maximum atomic E-state index is 13.9. The van der Waals surface area contributed by atoms with Crippen molar-refractivity contribution in [2.75, 3.05) is 82.1 Å². The van der Waals surface area contributed by atoms with E-state index in [0.717, 1.165) is 55.7 Å². The summed E-state index contributed by atoms with van der Waals surface area (Å²) in [5.74, 6) is -13.6. The molecule has 19 N–H and O–H groups in total. The Kier molecular flexibility index (Phi) is 21.6. The van der Waals surface area contributed by atoms with Crippen LogP contribution in [-0.2, 0) is 75.5 Å². The quantitative estimate of drug-likeness (QED) is 0.0847. The van der Waals surface area contributed by atoms with E-state index in [1.165, 1.54) is 39.3 Å². The number of benzene rings is 3. The zero-order valence-electron chi connectivity index (χ0n) is 61.5. The van der Waals surface area contributed by atoms with Crippen LogP contribution >= 0.6 is 0 Å². The summed E-state index contributed by atoms with van der Waals surface area (Å²) in [4.78, 5) is 126. The SMILES string of the molecule is CCN(CC)Cc1ccc(O)c2c1C[C@H]1C[C@H]3[C@@H](N(C)C)C(=O)C(C(N)=O)=C(O)[C@@]3(O)C(=O)C1=C2O.CN(C)[C@H]1C(=O)C(C(N)=O)=C(O)[C@@]2(O)C(=O)C3=C(O)c4c(O)ccc(CN5CCCCC5)c4C[C@H]3C[C@@H]12.CNCC#Cc1ccc(O)c2c1C[C@H]1C[C@H]3[C@@H](N(C)C)C(=O)C(C(N)=O)=C(O)[C@@]3(O)C(=O)C1=C2O. The Balaban J connectivity index is 0.000000161. The van der Waals surface area contributed by atoms with Gasteiger partial charge in [-0.1, -0.05) is 44.2 Å². The van der Waals surface area contributed by atoms with Gasteiger partial charge in [0.05, 0.1) is 41.4 Å². The molecule has 576 valence electrons. The van der Waals surface area contributed by atoms with Gasteiger partial charge in [0, 0.05) is 53.1 Å². The third-order valence-electron chi connectivity index (χ3n) is 23.6. The average molecular weight is 1490 g/mol. The van der Waals surface area contributed by atoms with Crippen LogP contribution in [0.5, 0.6) is 17.2 Å². The lowest BCUT2D eigenvalue weighted by Gasteiger charge is -2.50. The molecule has 1 saturated heterocycles. The van der Waals surface area contributed by atoms with E-state index in [1.807, 2.05) is 19.9 Å². The number of phenolic OH excluding ortho intramolecular Hbond substituents is 3. The minimum Gasteiger partial charge on any atom is -0.508 e. The summed E-state index contributed by atoms with van der Waals surface area (Å²) in [5, 5.41) is 136. The second kappa shape index (κ2) is 29.5. The second-order valence-corrected chi connectivity index (χ2v) is 30.2. The number of nitrogens with zero attached hydrogens (tertiary/aromatic N) is 5. The van der Waals surface area contributed by atoms with E-state index in [1.54, 1.807) is 61.5 Å². The highest BCUT2D eigenvalue weighted by atomic mass is 16.4. The number of carbonyl (C=O) groups is 9. The molecule has 1 aliphatic heterocycles. The van der Waals surface area contributed by atoms with E-state index in [4.69, 9.17) is 17.2 Å². The number of likely N-dealkylation sites (N-methyl/N-ethyl adjacent to an activating group) is 3. The number of fused-ring (bicyclic) bond motifs is 9. The van der Waals surface area contributed by atoms with E-state index in [0.29, 0.717) is 49.2 Å². The highest BCUT2D eigenvalue weighted by Gasteiger charge is 2.68. The molecule has 108 heavy (non-hydrogen) atoms. The monoisotopic (exact) mass is 1490 g/mol. The van der Waals surface area contributed by atoms with Gasteiger partial charge in [-0.05, 0) is 197 Å². The fourth-order valence-corrected chi connectivity index (χ4v) is 18.5. The number of Topliss-reactive ketones (excluding diaryl/α,β-unsaturated/α-hetero) is 6. The highest BCUT2D eigenvalue weighted by molar-refractivity contribution is 6.27. The molecule has 13 rings (SSSR count). The van der Waals surface area contributed by atoms with Crippen molar-refractivity contribution < 1.29 is 104 Å². The Hall–Kier alpha value is -10.1. The first-order valence-corrected chi connectivity index (χ1v) is 35.9. The summed E-state index contributed by atoms with van der Waals surface area (Å²) < 4.78 is 0. The molecular formula is C78H93N9O21. The molecule has 3 saturated carbocycles. The van der Waals surface area contributed by atoms with Gasteiger partial charge in [0.1, 0.15) is 68.5 Å². The molecule has 12 atom stereocenters. The first-order valence-electron chi connectivity index (χ1n) is 35.9. The molecule has 0 bridgehead atoms. The largest absolute Gasteiger partial charge is 0.508 e. The number of aliphatic hydroxyl groups is 9. The number of piperidine rings is 1. The Labute approximate surface area is 622 Å². The van der Waals surface area contributed by atoms with Crippen molar-refractivity contribution in [3.8, 4) is 29.1 Å². The number of ketones is 6. The lowest BCUT2D eigenvalue weighted by Crippen LogP contribution is -2.65. The van der Waals surface area contributed by atoms with Gasteiger partial charge in [-0.2, -0.15) is 0 Å². The molecule has 30 heteroatoms. The molecule has 0 aromatic heterocycles.